The average molecular weight is 312 g/mol. The van der Waals surface area contributed by atoms with E-state index in [1.54, 1.807) is 18.3 Å². The predicted octanol–water partition coefficient (Wildman–Crippen LogP) is 2.21. The zero-order valence-electron chi connectivity index (χ0n) is 10.4. The molecule has 18 heavy (non-hydrogen) atoms. The van der Waals surface area contributed by atoms with E-state index in [0.29, 0.717) is 5.92 Å². The molecule has 1 heterocycles. The zero-order chi connectivity index (χ0) is 11.7. The van der Waals surface area contributed by atoms with Crippen molar-refractivity contribution in [2.24, 2.45) is 11.7 Å². The highest BCUT2D eigenvalue weighted by molar-refractivity contribution is 7.11. The molecule has 1 amide bonds. The number of amides is 1. The summed E-state index contributed by atoms with van der Waals surface area (Å²) in [6, 6.07) is -0.389. The molecule has 2 atom stereocenters. The van der Waals surface area contributed by atoms with Crippen LogP contribution < -0.4 is 11.1 Å². The number of rotatable bonds is 4. The van der Waals surface area contributed by atoms with Crippen LogP contribution in [0.3, 0.4) is 0 Å². The van der Waals surface area contributed by atoms with Gasteiger partial charge in [-0.1, -0.05) is 0 Å². The van der Waals surface area contributed by atoms with E-state index in [0.717, 1.165) is 5.01 Å². The standard InChI is InChI=1S/C11H17N3OS.2ClH/c1-6-5-13-11(16-6)9(8-3-4-8)14-10(15)7(2)12;;/h5,7-9H,3-4,12H2,1-2H3,(H,14,15);2*1H/t7-,9?;;/m1../s1. The van der Waals surface area contributed by atoms with Gasteiger partial charge in [-0.2, -0.15) is 0 Å². The van der Waals surface area contributed by atoms with Crippen LogP contribution in [0.25, 0.3) is 0 Å². The van der Waals surface area contributed by atoms with E-state index in [-0.39, 0.29) is 36.8 Å². The normalized spacial score (nSPS) is 17.1. The van der Waals surface area contributed by atoms with Gasteiger partial charge in [-0.25, -0.2) is 4.98 Å². The number of thiazole rings is 1. The second kappa shape index (κ2) is 7.28. The fraction of sp³-hybridized carbons (Fsp3) is 0.636. The average Bonchev–Trinajstić information content (AvgIpc) is 2.97. The van der Waals surface area contributed by atoms with Crippen molar-refractivity contribution in [1.29, 1.82) is 0 Å². The van der Waals surface area contributed by atoms with Crippen molar-refractivity contribution in [3.05, 3.63) is 16.1 Å². The van der Waals surface area contributed by atoms with Crippen LogP contribution in [0.5, 0.6) is 0 Å². The monoisotopic (exact) mass is 311 g/mol. The van der Waals surface area contributed by atoms with Crippen molar-refractivity contribution in [3.63, 3.8) is 0 Å². The summed E-state index contributed by atoms with van der Waals surface area (Å²) < 4.78 is 0. The van der Waals surface area contributed by atoms with Crippen molar-refractivity contribution >= 4 is 42.1 Å². The summed E-state index contributed by atoms with van der Waals surface area (Å²) in [4.78, 5) is 17.1. The van der Waals surface area contributed by atoms with Crippen molar-refractivity contribution < 1.29 is 4.79 Å². The first-order chi connectivity index (χ1) is 7.58. The topological polar surface area (TPSA) is 68.0 Å². The van der Waals surface area contributed by atoms with Crippen LogP contribution in [0.2, 0.25) is 0 Å². The minimum atomic E-state index is -0.456. The molecule has 0 aliphatic heterocycles. The van der Waals surface area contributed by atoms with E-state index in [4.69, 9.17) is 5.73 Å². The van der Waals surface area contributed by atoms with Crippen molar-refractivity contribution in [1.82, 2.24) is 10.3 Å². The molecule has 2 rings (SSSR count). The molecule has 1 saturated carbocycles. The number of halogens is 2. The number of hydrogen-bond donors (Lipinski definition) is 2. The van der Waals surface area contributed by atoms with Crippen LogP contribution in [0.15, 0.2) is 6.20 Å². The number of carbonyl (C=O) groups excluding carboxylic acids is 1. The molecule has 0 radical (unpaired) electrons. The van der Waals surface area contributed by atoms with E-state index in [2.05, 4.69) is 10.3 Å². The molecule has 3 N–H and O–H groups in total. The van der Waals surface area contributed by atoms with Gasteiger partial charge in [-0.3, -0.25) is 4.79 Å². The minimum Gasteiger partial charge on any atom is -0.345 e. The third-order valence-corrected chi connectivity index (χ3v) is 3.71. The van der Waals surface area contributed by atoms with E-state index >= 15 is 0 Å². The molecule has 1 aliphatic carbocycles. The maximum Gasteiger partial charge on any atom is 0.237 e. The molecule has 4 nitrogen and oxygen atoms in total. The SMILES string of the molecule is Cc1cnc(C(NC(=O)[C@@H](C)N)C2CC2)s1.Cl.Cl. The molecule has 0 aromatic carbocycles. The van der Waals surface area contributed by atoms with Crippen LogP contribution in [0.4, 0.5) is 0 Å². The fourth-order valence-electron chi connectivity index (χ4n) is 1.61. The molecule has 1 aromatic heterocycles. The molecule has 0 spiro atoms. The second-order valence-corrected chi connectivity index (χ2v) is 5.69. The fourth-order valence-corrected chi connectivity index (χ4v) is 2.53. The van der Waals surface area contributed by atoms with Crippen LogP contribution >= 0.6 is 36.2 Å². The Hall–Kier alpha value is -0.360. The van der Waals surface area contributed by atoms with Gasteiger partial charge in [0.1, 0.15) is 5.01 Å². The van der Waals surface area contributed by atoms with E-state index in [1.807, 2.05) is 13.1 Å². The highest BCUT2D eigenvalue weighted by atomic mass is 35.5. The quantitative estimate of drug-likeness (QED) is 0.895. The Bertz CT molecular complexity index is 393. The van der Waals surface area contributed by atoms with Gasteiger partial charge < -0.3 is 11.1 Å². The number of nitrogens with two attached hydrogens (primary N) is 1. The molecule has 104 valence electrons. The van der Waals surface area contributed by atoms with E-state index in [9.17, 15) is 4.79 Å². The maximum absolute atomic E-state index is 11.6. The van der Waals surface area contributed by atoms with Gasteiger partial charge in [0.2, 0.25) is 5.91 Å². The highest BCUT2D eigenvalue weighted by Gasteiger charge is 2.35. The molecule has 1 fully saturated rings. The lowest BCUT2D eigenvalue weighted by Gasteiger charge is -2.17. The Labute approximate surface area is 124 Å². The van der Waals surface area contributed by atoms with Crippen LogP contribution in [0.1, 0.15) is 35.7 Å². The Balaban J connectivity index is 0.00000144. The smallest absolute Gasteiger partial charge is 0.237 e. The van der Waals surface area contributed by atoms with Crippen molar-refractivity contribution in [2.75, 3.05) is 0 Å². The summed E-state index contributed by atoms with van der Waals surface area (Å²) in [5.41, 5.74) is 5.56. The second-order valence-electron chi connectivity index (χ2n) is 4.42. The van der Waals surface area contributed by atoms with Gasteiger partial charge in [-0.05, 0) is 32.6 Å². The number of aromatic nitrogens is 1. The summed E-state index contributed by atoms with van der Waals surface area (Å²) in [7, 11) is 0. The summed E-state index contributed by atoms with van der Waals surface area (Å²) in [5.74, 6) is 0.456. The number of nitrogens with one attached hydrogen (secondary N) is 1. The third kappa shape index (κ3) is 4.39. The van der Waals surface area contributed by atoms with Gasteiger partial charge in [0, 0.05) is 11.1 Å². The summed E-state index contributed by atoms with van der Waals surface area (Å²) in [6.07, 6.45) is 4.19. The van der Waals surface area contributed by atoms with Crippen LogP contribution in [-0.2, 0) is 4.79 Å². The maximum atomic E-state index is 11.6. The Morgan fingerprint density at radius 1 is 1.56 bits per heavy atom. The summed E-state index contributed by atoms with van der Waals surface area (Å²) in [5, 5.41) is 4.00. The molecular weight excluding hydrogens is 293 g/mol. The lowest BCUT2D eigenvalue weighted by Crippen LogP contribution is -2.40. The van der Waals surface area contributed by atoms with Crippen molar-refractivity contribution in [3.8, 4) is 0 Å². The molecule has 0 saturated heterocycles. The number of nitrogens with zero attached hydrogens (tertiary/aromatic N) is 1. The Morgan fingerprint density at radius 2 is 2.17 bits per heavy atom. The summed E-state index contributed by atoms with van der Waals surface area (Å²) >= 11 is 1.65. The van der Waals surface area contributed by atoms with Gasteiger partial charge in [-0.15, -0.1) is 36.2 Å². The minimum absolute atomic E-state index is 0. The van der Waals surface area contributed by atoms with E-state index in [1.165, 1.54) is 17.7 Å². The Morgan fingerprint density at radius 3 is 2.56 bits per heavy atom. The first-order valence-corrected chi connectivity index (χ1v) is 6.38. The van der Waals surface area contributed by atoms with Crippen LogP contribution in [-0.4, -0.2) is 16.9 Å². The summed E-state index contributed by atoms with van der Waals surface area (Å²) in [6.45, 7) is 3.73. The third-order valence-electron chi connectivity index (χ3n) is 2.71. The van der Waals surface area contributed by atoms with Gasteiger partial charge in [0.25, 0.3) is 0 Å². The zero-order valence-corrected chi connectivity index (χ0v) is 12.8. The number of hydrogen-bond acceptors (Lipinski definition) is 4. The first kappa shape index (κ1) is 17.6. The molecule has 1 aromatic rings. The van der Waals surface area contributed by atoms with Gasteiger partial charge >= 0.3 is 0 Å². The largest absolute Gasteiger partial charge is 0.345 e. The van der Waals surface area contributed by atoms with Crippen molar-refractivity contribution in [2.45, 2.75) is 38.8 Å². The Kier molecular flexibility index (Phi) is 7.14. The van der Waals surface area contributed by atoms with Gasteiger partial charge in [0.15, 0.2) is 0 Å². The molecule has 1 unspecified atom stereocenters. The number of aryl methyl sites for hydroxylation is 1. The first-order valence-electron chi connectivity index (χ1n) is 5.56. The molecular formula is C11H19Cl2N3OS. The number of carbonyl (C=O) groups is 1. The lowest BCUT2D eigenvalue weighted by molar-refractivity contribution is -0.122. The van der Waals surface area contributed by atoms with E-state index < -0.39 is 6.04 Å². The molecule has 1 aliphatic rings. The predicted molar refractivity (Wildman–Crippen MR) is 78.6 cm³/mol. The van der Waals surface area contributed by atoms with Gasteiger partial charge in [0.05, 0.1) is 12.1 Å². The lowest BCUT2D eigenvalue weighted by atomic mass is 10.2. The molecule has 7 heteroatoms. The van der Waals surface area contributed by atoms with Crippen LogP contribution in [0, 0.1) is 12.8 Å². The highest BCUT2D eigenvalue weighted by Crippen LogP contribution is 2.41. The molecule has 0 bridgehead atoms.